The Hall–Kier alpha value is -1.16. The number of rotatable bonds is 8. The first kappa shape index (κ1) is 13.3. The molecule has 1 unspecified atom stereocenters. The van der Waals surface area contributed by atoms with Crippen molar-refractivity contribution in [1.29, 1.82) is 0 Å². The second-order valence-corrected chi connectivity index (χ2v) is 5.21. The third-order valence-electron chi connectivity index (χ3n) is 3.13. The fourth-order valence-electron chi connectivity index (χ4n) is 1.85. The van der Waals surface area contributed by atoms with Crippen molar-refractivity contribution in [3.63, 3.8) is 0 Å². The topological polar surface area (TPSA) is 47.0 Å². The van der Waals surface area contributed by atoms with Gasteiger partial charge in [-0.1, -0.05) is 20.3 Å². The smallest absolute Gasteiger partial charge is 0.232 e. The van der Waals surface area contributed by atoms with Crippen LogP contribution in [0.15, 0.2) is 12.4 Å². The lowest BCUT2D eigenvalue weighted by Gasteiger charge is -2.11. The zero-order valence-corrected chi connectivity index (χ0v) is 11.4. The number of hydrogen-bond acceptors (Lipinski definition) is 4. The van der Waals surface area contributed by atoms with Crippen LogP contribution in [0, 0.1) is 5.92 Å². The predicted molar refractivity (Wildman–Crippen MR) is 71.5 cm³/mol. The summed E-state index contributed by atoms with van der Waals surface area (Å²) in [7, 11) is 0. The highest BCUT2D eigenvalue weighted by atomic mass is 16.5. The van der Waals surface area contributed by atoms with Gasteiger partial charge in [0.25, 0.3) is 0 Å². The summed E-state index contributed by atoms with van der Waals surface area (Å²) < 4.78 is 5.62. The number of aromatic nitrogens is 2. The number of ether oxygens (including phenoxy) is 1. The van der Waals surface area contributed by atoms with Crippen molar-refractivity contribution in [2.24, 2.45) is 5.92 Å². The standard InChI is InChI=1S/C14H23N3O/c1-3-4-11(2)10-18-14-9-16-13(8-17-14)7-15-12-5-6-12/h8-9,11-12,15H,3-7,10H2,1-2H3. The van der Waals surface area contributed by atoms with Crippen LogP contribution < -0.4 is 10.1 Å². The van der Waals surface area contributed by atoms with E-state index in [9.17, 15) is 0 Å². The van der Waals surface area contributed by atoms with Crippen molar-refractivity contribution < 1.29 is 4.74 Å². The maximum Gasteiger partial charge on any atom is 0.232 e. The molecule has 0 aromatic carbocycles. The van der Waals surface area contributed by atoms with Crippen molar-refractivity contribution in [1.82, 2.24) is 15.3 Å². The molecule has 1 fully saturated rings. The Bertz CT molecular complexity index is 349. The van der Waals surface area contributed by atoms with Gasteiger partial charge in [-0.3, -0.25) is 4.98 Å². The molecule has 4 nitrogen and oxygen atoms in total. The minimum Gasteiger partial charge on any atom is -0.476 e. The highest BCUT2D eigenvalue weighted by Gasteiger charge is 2.20. The quantitative estimate of drug-likeness (QED) is 0.769. The molecule has 1 aromatic rings. The Kier molecular flexibility index (Phi) is 4.93. The molecule has 1 saturated carbocycles. The van der Waals surface area contributed by atoms with Gasteiger partial charge in [0.05, 0.1) is 24.7 Å². The summed E-state index contributed by atoms with van der Waals surface area (Å²) in [6.07, 6.45) is 8.50. The Labute approximate surface area is 109 Å². The van der Waals surface area contributed by atoms with Gasteiger partial charge in [-0.15, -0.1) is 0 Å². The number of hydrogen-bond donors (Lipinski definition) is 1. The van der Waals surface area contributed by atoms with Crippen LogP contribution >= 0.6 is 0 Å². The summed E-state index contributed by atoms with van der Waals surface area (Å²) in [6, 6.07) is 0.706. The van der Waals surface area contributed by atoms with Crippen LogP contribution in [-0.4, -0.2) is 22.6 Å². The van der Waals surface area contributed by atoms with E-state index in [1.54, 1.807) is 12.4 Å². The van der Waals surface area contributed by atoms with Crippen molar-refractivity contribution in [3.05, 3.63) is 18.1 Å². The van der Waals surface area contributed by atoms with E-state index in [2.05, 4.69) is 29.1 Å². The van der Waals surface area contributed by atoms with Crippen molar-refractivity contribution >= 4 is 0 Å². The van der Waals surface area contributed by atoms with E-state index in [0.717, 1.165) is 18.8 Å². The minimum atomic E-state index is 0.577. The average molecular weight is 249 g/mol. The van der Waals surface area contributed by atoms with Gasteiger partial charge >= 0.3 is 0 Å². The van der Waals surface area contributed by atoms with Gasteiger partial charge in [-0.2, -0.15) is 0 Å². The second kappa shape index (κ2) is 6.69. The van der Waals surface area contributed by atoms with Crippen LogP contribution in [0.25, 0.3) is 0 Å². The third kappa shape index (κ3) is 4.61. The summed E-state index contributed by atoms with van der Waals surface area (Å²) in [5.74, 6) is 1.21. The van der Waals surface area contributed by atoms with Gasteiger partial charge in [-0.05, 0) is 25.2 Å². The number of nitrogens with one attached hydrogen (secondary N) is 1. The Morgan fingerprint density at radius 1 is 1.39 bits per heavy atom. The van der Waals surface area contributed by atoms with E-state index in [-0.39, 0.29) is 0 Å². The van der Waals surface area contributed by atoms with E-state index in [4.69, 9.17) is 4.74 Å². The highest BCUT2D eigenvalue weighted by Crippen LogP contribution is 2.19. The molecule has 1 aliphatic rings. The normalized spacial score (nSPS) is 16.6. The van der Waals surface area contributed by atoms with Crippen LogP contribution in [-0.2, 0) is 6.54 Å². The maximum absolute atomic E-state index is 5.62. The van der Waals surface area contributed by atoms with Gasteiger partial charge in [0.2, 0.25) is 5.88 Å². The molecule has 4 heteroatoms. The second-order valence-electron chi connectivity index (χ2n) is 5.21. The molecule has 0 saturated heterocycles. The van der Waals surface area contributed by atoms with Crippen molar-refractivity contribution in [3.8, 4) is 5.88 Å². The lowest BCUT2D eigenvalue weighted by Crippen LogP contribution is -2.16. The van der Waals surface area contributed by atoms with E-state index in [1.807, 2.05) is 0 Å². The van der Waals surface area contributed by atoms with Crippen LogP contribution in [0.3, 0.4) is 0 Å². The molecule has 0 spiro atoms. The monoisotopic (exact) mass is 249 g/mol. The zero-order valence-electron chi connectivity index (χ0n) is 11.4. The van der Waals surface area contributed by atoms with Crippen molar-refractivity contribution in [2.45, 2.75) is 52.1 Å². The van der Waals surface area contributed by atoms with Gasteiger partial charge in [-0.25, -0.2) is 4.98 Å². The minimum absolute atomic E-state index is 0.577. The molecule has 1 aromatic heterocycles. The van der Waals surface area contributed by atoms with E-state index in [0.29, 0.717) is 17.8 Å². The fraction of sp³-hybridized carbons (Fsp3) is 0.714. The molecule has 1 atom stereocenters. The Morgan fingerprint density at radius 2 is 2.22 bits per heavy atom. The van der Waals surface area contributed by atoms with Gasteiger partial charge in [0.15, 0.2) is 0 Å². The largest absolute Gasteiger partial charge is 0.476 e. The Balaban J connectivity index is 1.72. The molecule has 0 radical (unpaired) electrons. The van der Waals surface area contributed by atoms with Crippen LogP contribution in [0.2, 0.25) is 0 Å². The van der Waals surface area contributed by atoms with E-state index in [1.165, 1.54) is 25.7 Å². The van der Waals surface area contributed by atoms with Gasteiger partial charge < -0.3 is 10.1 Å². The first-order valence-corrected chi connectivity index (χ1v) is 6.95. The molecule has 2 rings (SSSR count). The molecule has 0 aliphatic heterocycles. The lowest BCUT2D eigenvalue weighted by molar-refractivity contribution is 0.242. The van der Waals surface area contributed by atoms with Crippen LogP contribution in [0.4, 0.5) is 0 Å². The van der Waals surface area contributed by atoms with Crippen LogP contribution in [0.1, 0.15) is 45.2 Å². The summed E-state index contributed by atoms with van der Waals surface area (Å²) >= 11 is 0. The molecule has 1 N–H and O–H groups in total. The highest BCUT2D eigenvalue weighted by molar-refractivity contribution is 5.07. The van der Waals surface area contributed by atoms with E-state index < -0.39 is 0 Å². The van der Waals surface area contributed by atoms with Crippen molar-refractivity contribution in [2.75, 3.05) is 6.61 Å². The Morgan fingerprint density at radius 3 is 2.83 bits per heavy atom. The van der Waals surface area contributed by atoms with Crippen LogP contribution in [0.5, 0.6) is 5.88 Å². The summed E-state index contributed by atoms with van der Waals surface area (Å²) in [5.41, 5.74) is 0.982. The van der Waals surface area contributed by atoms with E-state index >= 15 is 0 Å². The first-order chi connectivity index (χ1) is 8.78. The molecule has 0 bridgehead atoms. The average Bonchev–Trinajstić information content (AvgIpc) is 3.19. The number of nitrogens with zero attached hydrogens (tertiary/aromatic N) is 2. The molecule has 100 valence electrons. The molecule has 0 amide bonds. The summed E-state index contributed by atoms with van der Waals surface area (Å²) in [5, 5.41) is 3.42. The predicted octanol–water partition coefficient (Wildman–Crippen LogP) is 2.54. The summed E-state index contributed by atoms with van der Waals surface area (Å²) in [6.45, 7) is 5.93. The van der Waals surface area contributed by atoms with Gasteiger partial charge in [0, 0.05) is 12.6 Å². The fourth-order valence-corrected chi connectivity index (χ4v) is 1.85. The molecule has 1 aliphatic carbocycles. The van der Waals surface area contributed by atoms with Gasteiger partial charge in [0.1, 0.15) is 0 Å². The lowest BCUT2D eigenvalue weighted by atomic mass is 10.1. The third-order valence-corrected chi connectivity index (χ3v) is 3.13. The zero-order chi connectivity index (χ0) is 12.8. The summed E-state index contributed by atoms with van der Waals surface area (Å²) in [4.78, 5) is 8.64. The molecule has 1 heterocycles. The molecular weight excluding hydrogens is 226 g/mol. The first-order valence-electron chi connectivity index (χ1n) is 6.95. The maximum atomic E-state index is 5.62. The SMILES string of the molecule is CCCC(C)COc1cnc(CNC2CC2)cn1. The molecular formula is C14H23N3O. The molecule has 18 heavy (non-hydrogen) atoms.